The number of halogens is 3. The molecule has 0 aliphatic rings. The Balaban J connectivity index is 1.80. The van der Waals surface area contributed by atoms with Crippen molar-refractivity contribution in [2.45, 2.75) is 6.54 Å². The van der Waals surface area contributed by atoms with Crippen LogP contribution in [0.3, 0.4) is 0 Å². The van der Waals surface area contributed by atoms with Gasteiger partial charge in [-0.3, -0.25) is 5.10 Å². The Bertz CT molecular complexity index is 767. The number of benzene rings is 2. The Morgan fingerprint density at radius 2 is 1.80 bits per heavy atom. The molecule has 6 heteroatoms. The second-order valence-corrected chi connectivity index (χ2v) is 4.38. The molecule has 0 aliphatic carbocycles. The maximum absolute atomic E-state index is 13.5. The van der Waals surface area contributed by atoms with Gasteiger partial charge in [0.15, 0.2) is 11.6 Å². The van der Waals surface area contributed by atoms with E-state index in [-0.39, 0.29) is 12.1 Å². The minimum absolute atomic E-state index is 0.0619. The van der Waals surface area contributed by atoms with Crippen LogP contribution in [0.2, 0.25) is 0 Å². The van der Waals surface area contributed by atoms with Crippen molar-refractivity contribution in [1.29, 1.82) is 0 Å². The van der Waals surface area contributed by atoms with Crippen molar-refractivity contribution in [3.8, 4) is 0 Å². The number of nitrogens with one attached hydrogen (secondary N) is 2. The number of anilines is 1. The van der Waals surface area contributed by atoms with Crippen molar-refractivity contribution in [2.24, 2.45) is 0 Å². The molecule has 0 saturated heterocycles. The molecule has 3 nitrogen and oxygen atoms in total. The van der Waals surface area contributed by atoms with Gasteiger partial charge in [-0.25, -0.2) is 13.2 Å². The van der Waals surface area contributed by atoms with Gasteiger partial charge in [0.1, 0.15) is 5.82 Å². The van der Waals surface area contributed by atoms with E-state index in [2.05, 4.69) is 15.5 Å². The van der Waals surface area contributed by atoms with Gasteiger partial charge in [-0.2, -0.15) is 5.10 Å². The lowest BCUT2D eigenvalue weighted by molar-refractivity contribution is 0.490. The number of rotatable bonds is 3. The van der Waals surface area contributed by atoms with E-state index in [0.717, 1.165) is 22.7 Å². The van der Waals surface area contributed by atoms with Gasteiger partial charge in [0, 0.05) is 29.2 Å². The normalized spacial score (nSPS) is 10.9. The molecule has 0 aliphatic heterocycles. The van der Waals surface area contributed by atoms with Gasteiger partial charge < -0.3 is 5.32 Å². The molecule has 0 fully saturated rings. The summed E-state index contributed by atoms with van der Waals surface area (Å²) >= 11 is 0. The number of aromatic amines is 1. The Hall–Kier alpha value is -2.50. The summed E-state index contributed by atoms with van der Waals surface area (Å²) in [5.74, 6) is -3.03. The van der Waals surface area contributed by atoms with Crippen molar-refractivity contribution >= 4 is 16.6 Å². The number of hydrogen-bond acceptors (Lipinski definition) is 2. The number of H-pyrrole nitrogens is 1. The Kier molecular flexibility index (Phi) is 3.06. The van der Waals surface area contributed by atoms with Gasteiger partial charge in [0.2, 0.25) is 0 Å². The summed E-state index contributed by atoms with van der Waals surface area (Å²) in [5, 5.41) is 10.6. The summed E-state index contributed by atoms with van der Waals surface area (Å²) in [5.41, 5.74) is 1.69. The fraction of sp³-hybridized carbons (Fsp3) is 0.0714. The van der Waals surface area contributed by atoms with E-state index < -0.39 is 17.5 Å². The summed E-state index contributed by atoms with van der Waals surface area (Å²) in [7, 11) is 0. The van der Waals surface area contributed by atoms with Crippen molar-refractivity contribution < 1.29 is 13.2 Å². The number of aromatic nitrogens is 2. The molecule has 1 aromatic heterocycles. The number of hydrogen-bond donors (Lipinski definition) is 2. The molecule has 0 amide bonds. The van der Waals surface area contributed by atoms with E-state index in [1.165, 1.54) is 0 Å². The SMILES string of the molecule is Fc1cc(F)c(CNc2ccc3[nH]ncc3c2)cc1F. The number of nitrogens with zero attached hydrogens (tertiary/aromatic N) is 1. The van der Waals surface area contributed by atoms with E-state index in [1.807, 2.05) is 12.1 Å². The molecule has 0 unspecified atom stereocenters. The number of fused-ring (bicyclic) bond motifs is 1. The quantitative estimate of drug-likeness (QED) is 0.718. The van der Waals surface area contributed by atoms with Crippen molar-refractivity contribution in [3.05, 3.63) is 59.5 Å². The predicted octanol–water partition coefficient (Wildman–Crippen LogP) is 3.59. The fourth-order valence-corrected chi connectivity index (χ4v) is 1.95. The lowest BCUT2D eigenvalue weighted by Gasteiger charge is -2.08. The molecule has 20 heavy (non-hydrogen) atoms. The van der Waals surface area contributed by atoms with Crippen LogP contribution in [0.4, 0.5) is 18.9 Å². The van der Waals surface area contributed by atoms with Crippen LogP contribution >= 0.6 is 0 Å². The standard InChI is InChI=1S/C14H10F3N3/c15-11-5-13(17)12(16)4-8(11)6-18-10-1-2-14-9(3-10)7-19-20-14/h1-5,7,18H,6H2,(H,19,20). The first kappa shape index (κ1) is 12.5. The highest BCUT2D eigenvalue weighted by atomic mass is 19.2. The molecule has 3 aromatic rings. The maximum atomic E-state index is 13.5. The van der Waals surface area contributed by atoms with Crippen LogP contribution in [0.1, 0.15) is 5.56 Å². The molecular formula is C14H10F3N3. The van der Waals surface area contributed by atoms with E-state index in [1.54, 1.807) is 12.3 Å². The highest BCUT2D eigenvalue weighted by Crippen LogP contribution is 2.19. The van der Waals surface area contributed by atoms with Crippen LogP contribution in [0.15, 0.2) is 36.5 Å². The second kappa shape index (κ2) is 4.88. The highest BCUT2D eigenvalue weighted by molar-refractivity contribution is 5.81. The van der Waals surface area contributed by atoms with Crippen LogP contribution in [-0.2, 0) is 6.54 Å². The minimum atomic E-state index is -1.19. The molecule has 2 aromatic carbocycles. The third-order valence-corrected chi connectivity index (χ3v) is 3.01. The molecule has 0 radical (unpaired) electrons. The van der Waals surface area contributed by atoms with Crippen LogP contribution in [0, 0.1) is 17.5 Å². The fourth-order valence-electron chi connectivity index (χ4n) is 1.95. The molecule has 1 heterocycles. The molecule has 0 bridgehead atoms. The van der Waals surface area contributed by atoms with Crippen molar-refractivity contribution in [3.63, 3.8) is 0 Å². The molecular weight excluding hydrogens is 267 g/mol. The van der Waals surface area contributed by atoms with Gasteiger partial charge in [-0.05, 0) is 24.3 Å². The molecule has 0 spiro atoms. The summed E-state index contributed by atoms with van der Waals surface area (Å²) in [6, 6.07) is 6.85. The molecule has 2 N–H and O–H groups in total. The third-order valence-electron chi connectivity index (χ3n) is 3.01. The van der Waals surface area contributed by atoms with Gasteiger partial charge >= 0.3 is 0 Å². The molecule has 102 valence electrons. The van der Waals surface area contributed by atoms with E-state index in [9.17, 15) is 13.2 Å². The zero-order valence-electron chi connectivity index (χ0n) is 10.3. The lowest BCUT2D eigenvalue weighted by Crippen LogP contribution is -2.03. The zero-order valence-corrected chi connectivity index (χ0v) is 10.3. The highest BCUT2D eigenvalue weighted by Gasteiger charge is 2.09. The summed E-state index contributed by atoms with van der Waals surface area (Å²) in [6.07, 6.45) is 1.67. The van der Waals surface area contributed by atoms with Gasteiger partial charge in [0.05, 0.1) is 11.7 Å². The summed E-state index contributed by atoms with van der Waals surface area (Å²) in [6.45, 7) is 0.0619. The lowest BCUT2D eigenvalue weighted by atomic mass is 10.2. The van der Waals surface area contributed by atoms with Crippen molar-refractivity contribution in [1.82, 2.24) is 10.2 Å². The zero-order chi connectivity index (χ0) is 14.1. The molecule has 0 saturated carbocycles. The molecule has 3 rings (SSSR count). The van der Waals surface area contributed by atoms with Crippen LogP contribution in [-0.4, -0.2) is 10.2 Å². The van der Waals surface area contributed by atoms with E-state index in [0.29, 0.717) is 6.07 Å². The second-order valence-electron chi connectivity index (χ2n) is 4.38. The van der Waals surface area contributed by atoms with Gasteiger partial charge in [-0.1, -0.05) is 0 Å². The molecule has 0 atom stereocenters. The Labute approximate surface area is 112 Å². The van der Waals surface area contributed by atoms with Crippen LogP contribution in [0.25, 0.3) is 10.9 Å². The first-order valence-electron chi connectivity index (χ1n) is 5.94. The smallest absolute Gasteiger partial charge is 0.161 e. The average Bonchev–Trinajstić information content (AvgIpc) is 2.89. The van der Waals surface area contributed by atoms with E-state index >= 15 is 0 Å². The van der Waals surface area contributed by atoms with Crippen LogP contribution in [0.5, 0.6) is 0 Å². The first-order valence-corrected chi connectivity index (χ1v) is 5.94. The van der Waals surface area contributed by atoms with Gasteiger partial charge in [0.25, 0.3) is 0 Å². The monoisotopic (exact) mass is 277 g/mol. The topological polar surface area (TPSA) is 40.7 Å². The summed E-state index contributed by atoms with van der Waals surface area (Å²) in [4.78, 5) is 0. The Morgan fingerprint density at radius 1 is 1.00 bits per heavy atom. The average molecular weight is 277 g/mol. The maximum Gasteiger partial charge on any atom is 0.161 e. The predicted molar refractivity (Wildman–Crippen MR) is 69.7 cm³/mol. The first-order chi connectivity index (χ1) is 9.63. The minimum Gasteiger partial charge on any atom is -0.381 e. The van der Waals surface area contributed by atoms with Gasteiger partial charge in [-0.15, -0.1) is 0 Å². The largest absolute Gasteiger partial charge is 0.381 e. The Morgan fingerprint density at radius 3 is 2.65 bits per heavy atom. The van der Waals surface area contributed by atoms with Crippen LogP contribution < -0.4 is 5.32 Å². The third kappa shape index (κ3) is 2.32. The van der Waals surface area contributed by atoms with Crippen molar-refractivity contribution in [2.75, 3.05) is 5.32 Å². The van der Waals surface area contributed by atoms with E-state index in [4.69, 9.17) is 0 Å². The summed E-state index contributed by atoms with van der Waals surface area (Å²) < 4.78 is 39.4.